The molecule has 0 saturated heterocycles. The zero-order valence-electron chi connectivity index (χ0n) is 8.56. The van der Waals surface area contributed by atoms with Crippen LogP contribution in [0, 0.1) is 0 Å². The summed E-state index contributed by atoms with van der Waals surface area (Å²) in [7, 11) is 0. The van der Waals surface area contributed by atoms with E-state index < -0.39 is 0 Å². The lowest BCUT2D eigenvalue weighted by Crippen LogP contribution is -2.17. The van der Waals surface area contributed by atoms with Crippen LogP contribution in [-0.2, 0) is 11.8 Å². The highest BCUT2D eigenvalue weighted by atomic mass is 79.9. The predicted octanol–water partition coefficient (Wildman–Crippen LogP) is 3.10. The van der Waals surface area contributed by atoms with E-state index in [1.54, 1.807) is 0 Å². The number of nitrogens with zero attached hydrogens (tertiary/aromatic N) is 2. The second kappa shape index (κ2) is 3.74. The van der Waals surface area contributed by atoms with E-state index in [9.17, 15) is 0 Å². The van der Waals surface area contributed by atoms with E-state index in [2.05, 4.69) is 53.6 Å². The zero-order valence-corrected chi connectivity index (χ0v) is 10.1. The minimum Gasteiger partial charge on any atom is -0.237 e. The summed E-state index contributed by atoms with van der Waals surface area (Å²) in [6.45, 7) is 8.46. The second-order valence-electron chi connectivity index (χ2n) is 4.11. The van der Waals surface area contributed by atoms with E-state index in [0.29, 0.717) is 0 Å². The molecule has 0 radical (unpaired) electrons. The number of hydrogen-bond donors (Lipinski definition) is 0. The fraction of sp³-hybridized carbons (Fsp3) is 0.600. The largest absolute Gasteiger partial charge is 0.237 e. The molecule has 0 aliphatic heterocycles. The standard InChI is InChI=1S/C10H15BrN2/c1-5-7-6-8(11)13-9(12-7)10(2,3)4/h6H,5H2,1-4H3. The molecule has 1 rings (SSSR count). The molecule has 0 saturated carbocycles. The van der Waals surface area contributed by atoms with Crippen LogP contribution in [0.15, 0.2) is 10.7 Å². The van der Waals surface area contributed by atoms with Gasteiger partial charge in [-0.05, 0) is 28.4 Å². The zero-order chi connectivity index (χ0) is 10.1. The van der Waals surface area contributed by atoms with Gasteiger partial charge < -0.3 is 0 Å². The van der Waals surface area contributed by atoms with Crippen molar-refractivity contribution in [1.82, 2.24) is 9.97 Å². The summed E-state index contributed by atoms with van der Waals surface area (Å²) in [6.07, 6.45) is 0.949. The SMILES string of the molecule is CCc1cc(Br)nc(C(C)(C)C)n1. The maximum Gasteiger partial charge on any atom is 0.135 e. The van der Waals surface area contributed by atoms with Gasteiger partial charge in [-0.15, -0.1) is 0 Å². The van der Waals surface area contributed by atoms with Gasteiger partial charge in [0.15, 0.2) is 0 Å². The number of hydrogen-bond acceptors (Lipinski definition) is 2. The van der Waals surface area contributed by atoms with Crippen LogP contribution < -0.4 is 0 Å². The first kappa shape index (κ1) is 10.6. The molecule has 0 fully saturated rings. The van der Waals surface area contributed by atoms with Crippen LogP contribution in [0.4, 0.5) is 0 Å². The van der Waals surface area contributed by atoms with Gasteiger partial charge in [0.1, 0.15) is 10.4 Å². The van der Waals surface area contributed by atoms with Crippen molar-refractivity contribution in [3.05, 3.63) is 22.2 Å². The summed E-state index contributed by atoms with van der Waals surface area (Å²) in [5.74, 6) is 0.902. The molecule has 13 heavy (non-hydrogen) atoms. The molecule has 1 aromatic heterocycles. The van der Waals surface area contributed by atoms with Crippen molar-refractivity contribution in [1.29, 1.82) is 0 Å². The first-order valence-electron chi connectivity index (χ1n) is 4.47. The molecule has 0 aliphatic rings. The Morgan fingerprint density at radius 3 is 2.38 bits per heavy atom. The van der Waals surface area contributed by atoms with E-state index in [0.717, 1.165) is 22.5 Å². The monoisotopic (exact) mass is 242 g/mol. The van der Waals surface area contributed by atoms with Crippen molar-refractivity contribution in [2.24, 2.45) is 0 Å². The van der Waals surface area contributed by atoms with Crippen LogP contribution in [0.2, 0.25) is 0 Å². The molecule has 0 amide bonds. The summed E-state index contributed by atoms with van der Waals surface area (Å²) in [6, 6.07) is 1.97. The molecular formula is C10H15BrN2. The van der Waals surface area contributed by atoms with E-state index in [-0.39, 0.29) is 5.41 Å². The van der Waals surface area contributed by atoms with E-state index in [1.165, 1.54) is 0 Å². The number of aromatic nitrogens is 2. The molecule has 0 spiro atoms. The lowest BCUT2D eigenvalue weighted by atomic mass is 9.95. The quantitative estimate of drug-likeness (QED) is 0.708. The topological polar surface area (TPSA) is 25.8 Å². The van der Waals surface area contributed by atoms with E-state index >= 15 is 0 Å². The Balaban J connectivity index is 3.16. The van der Waals surface area contributed by atoms with Gasteiger partial charge in [0, 0.05) is 11.1 Å². The lowest BCUT2D eigenvalue weighted by molar-refractivity contribution is 0.540. The molecule has 72 valence electrons. The minimum atomic E-state index is 0.0215. The van der Waals surface area contributed by atoms with Crippen molar-refractivity contribution < 1.29 is 0 Å². The molecule has 0 atom stereocenters. The Labute approximate surface area is 87.9 Å². The average molecular weight is 243 g/mol. The molecule has 0 bridgehead atoms. The molecule has 1 heterocycles. The Bertz CT molecular complexity index is 302. The Kier molecular flexibility index (Phi) is 3.06. The summed E-state index contributed by atoms with van der Waals surface area (Å²) in [5, 5.41) is 0. The number of aryl methyl sites for hydroxylation is 1. The third-order valence-corrected chi connectivity index (χ3v) is 2.19. The van der Waals surface area contributed by atoms with Gasteiger partial charge in [0.25, 0.3) is 0 Å². The van der Waals surface area contributed by atoms with Crippen LogP contribution in [0.5, 0.6) is 0 Å². The summed E-state index contributed by atoms with van der Waals surface area (Å²) in [4.78, 5) is 8.84. The molecule has 0 aliphatic carbocycles. The third kappa shape index (κ3) is 2.76. The van der Waals surface area contributed by atoms with Gasteiger partial charge in [0.2, 0.25) is 0 Å². The molecule has 0 N–H and O–H groups in total. The van der Waals surface area contributed by atoms with Crippen LogP contribution in [0.1, 0.15) is 39.2 Å². The van der Waals surface area contributed by atoms with Crippen molar-refractivity contribution in [3.63, 3.8) is 0 Å². The molecule has 1 aromatic rings. The molecular weight excluding hydrogens is 228 g/mol. The van der Waals surface area contributed by atoms with Crippen LogP contribution in [-0.4, -0.2) is 9.97 Å². The van der Waals surface area contributed by atoms with Crippen LogP contribution in [0.25, 0.3) is 0 Å². The van der Waals surface area contributed by atoms with Crippen molar-refractivity contribution in [3.8, 4) is 0 Å². The molecule has 2 nitrogen and oxygen atoms in total. The van der Waals surface area contributed by atoms with Crippen molar-refractivity contribution in [2.75, 3.05) is 0 Å². The van der Waals surface area contributed by atoms with Gasteiger partial charge in [-0.25, -0.2) is 9.97 Å². The maximum atomic E-state index is 4.48. The fourth-order valence-electron chi connectivity index (χ4n) is 0.981. The van der Waals surface area contributed by atoms with Gasteiger partial charge in [-0.3, -0.25) is 0 Å². The highest BCUT2D eigenvalue weighted by Gasteiger charge is 2.18. The van der Waals surface area contributed by atoms with Crippen molar-refractivity contribution in [2.45, 2.75) is 39.5 Å². The summed E-state index contributed by atoms with van der Waals surface area (Å²) >= 11 is 3.40. The normalized spacial score (nSPS) is 11.8. The Morgan fingerprint density at radius 2 is 1.92 bits per heavy atom. The highest BCUT2D eigenvalue weighted by molar-refractivity contribution is 9.10. The van der Waals surface area contributed by atoms with E-state index in [4.69, 9.17) is 0 Å². The van der Waals surface area contributed by atoms with Crippen molar-refractivity contribution >= 4 is 15.9 Å². The fourth-order valence-corrected chi connectivity index (χ4v) is 1.41. The number of rotatable bonds is 1. The molecule has 0 aromatic carbocycles. The Morgan fingerprint density at radius 1 is 1.31 bits per heavy atom. The van der Waals surface area contributed by atoms with Gasteiger partial charge in [0.05, 0.1) is 0 Å². The first-order chi connectivity index (χ1) is 5.93. The van der Waals surface area contributed by atoms with E-state index in [1.807, 2.05) is 6.07 Å². The second-order valence-corrected chi connectivity index (χ2v) is 4.92. The minimum absolute atomic E-state index is 0.0215. The lowest BCUT2D eigenvalue weighted by Gasteiger charge is -2.17. The maximum absolute atomic E-state index is 4.48. The third-order valence-electron chi connectivity index (χ3n) is 1.78. The Hall–Kier alpha value is -0.440. The predicted molar refractivity (Wildman–Crippen MR) is 57.8 cm³/mol. The van der Waals surface area contributed by atoms with Gasteiger partial charge >= 0.3 is 0 Å². The summed E-state index contributed by atoms with van der Waals surface area (Å²) < 4.78 is 0.879. The average Bonchev–Trinajstić information content (AvgIpc) is 2.01. The number of halogens is 1. The first-order valence-corrected chi connectivity index (χ1v) is 5.26. The molecule has 0 unspecified atom stereocenters. The smallest absolute Gasteiger partial charge is 0.135 e. The molecule has 3 heteroatoms. The highest BCUT2D eigenvalue weighted by Crippen LogP contribution is 2.20. The van der Waals surface area contributed by atoms with Gasteiger partial charge in [-0.2, -0.15) is 0 Å². The van der Waals surface area contributed by atoms with Crippen LogP contribution >= 0.6 is 15.9 Å². The van der Waals surface area contributed by atoms with Gasteiger partial charge in [-0.1, -0.05) is 27.7 Å². The van der Waals surface area contributed by atoms with Crippen LogP contribution in [0.3, 0.4) is 0 Å². The summed E-state index contributed by atoms with van der Waals surface area (Å²) in [5.41, 5.74) is 1.11.